The quantitative estimate of drug-likeness (QED) is 0.545. The van der Waals surface area contributed by atoms with E-state index in [-0.39, 0.29) is 13.0 Å². The summed E-state index contributed by atoms with van der Waals surface area (Å²) in [4.78, 5) is 13.6. The number of rotatable bonds is 6. The predicted molar refractivity (Wildman–Crippen MR) is 118 cm³/mol. The fourth-order valence-corrected chi connectivity index (χ4v) is 3.77. The van der Waals surface area contributed by atoms with E-state index >= 15 is 0 Å². The van der Waals surface area contributed by atoms with E-state index in [2.05, 4.69) is 15.0 Å². The zero-order chi connectivity index (χ0) is 21.8. The highest BCUT2D eigenvalue weighted by atomic mass is 19.3. The van der Waals surface area contributed by atoms with Gasteiger partial charge in [0.1, 0.15) is 5.82 Å². The smallest absolute Gasteiger partial charge is 0.260 e. The third kappa shape index (κ3) is 5.49. The number of hydrogen-bond donors (Lipinski definition) is 2. The Balaban J connectivity index is 1.39. The maximum atomic E-state index is 13.6. The van der Waals surface area contributed by atoms with Crippen LogP contribution in [0.25, 0.3) is 17.3 Å². The molecule has 1 aliphatic rings. The van der Waals surface area contributed by atoms with E-state index in [1.54, 1.807) is 30.6 Å². The largest absolute Gasteiger partial charge is 0.338 e. The van der Waals surface area contributed by atoms with E-state index in [9.17, 15) is 8.78 Å². The van der Waals surface area contributed by atoms with Gasteiger partial charge in [0, 0.05) is 30.4 Å². The fourth-order valence-electron chi connectivity index (χ4n) is 3.77. The Morgan fingerprint density at radius 2 is 2.03 bits per heavy atom. The van der Waals surface area contributed by atoms with Gasteiger partial charge in [0.15, 0.2) is 0 Å². The number of imidazole rings is 1. The molecule has 160 valence electrons. The van der Waals surface area contributed by atoms with Gasteiger partial charge in [0.25, 0.3) is 5.92 Å². The number of alkyl halides is 2. The fraction of sp³-hybridized carbons (Fsp3) is 0.292. The van der Waals surface area contributed by atoms with Crippen LogP contribution in [-0.2, 0) is 6.54 Å². The highest BCUT2D eigenvalue weighted by molar-refractivity contribution is 6.08. The first-order valence-electron chi connectivity index (χ1n) is 10.3. The number of aryl methyl sites for hydroxylation is 1. The summed E-state index contributed by atoms with van der Waals surface area (Å²) in [6.45, 7) is 2.97. The Kier molecular flexibility index (Phi) is 6.04. The number of likely N-dealkylation sites (tertiary alicyclic amines) is 1. The molecule has 0 bridgehead atoms. The molecule has 0 unspecified atom stereocenters. The lowest BCUT2D eigenvalue weighted by Gasteiger charge is -2.32. The highest BCUT2D eigenvalue weighted by Gasteiger charge is 2.34. The number of aromatic amines is 1. The molecule has 4 rings (SSSR count). The van der Waals surface area contributed by atoms with Gasteiger partial charge in [-0.1, -0.05) is 24.3 Å². The topological polar surface area (TPSA) is 68.7 Å². The van der Waals surface area contributed by atoms with E-state index in [0.29, 0.717) is 31.0 Å². The molecular formula is C24H25F2N5. The van der Waals surface area contributed by atoms with Gasteiger partial charge in [-0.05, 0) is 55.3 Å². The molecule has 3 aromatic rings. The van der Waals surface area contributed by atoms with Gasteiger partial charge in [-0.2, -0.15) is 0 Å². The van der Waals surface area contributed by atoms with Crippen molar-refractivity contribution >= 4 is 11.8 Å². The third-order valence-corrected chi connectivity index (χ3v) is 5.35. The zero-order valence-corrected chi connectivity index (χ0v) is 17.4. The minimum absolute atomic E-state index is 0.0132. The summed E-state index contributed by atoms with van der Waals surface area (Å²) in [6, 6.07) is 11.6. The average Bonchev–Trinajstić information content (AvgIpc) is 3.21. The zero-order valence-electron chi connectivity index (χ0n) is 17.4. The molecule has 0 aliphatic carbocycles. The summed E-state index contributed by atoms with van der Waals surface area (Å²) in [5, 5.41) is 8.19. The number of hydrogen-bond acceptors (Lipinski definition) is 4. The highest BCUT2D eigenvalue weighted by Crippen LogP contribution is 2.27. The average molecular weight is 421 g/mol. The second kappa shape index (κ2) is 8.89. The SMILES string of the molecule is Cc1cc(C(=N)/C=C\c2ncc(-c3ccc(CN4CCCC(F)(F)C4)cc3)[nH]2)ccn1. The predicted octanol–water partition coefficient (Wildman–Crippen LogP) is 5.09. The lowest BCUT2D eigenvalue weighted by Crippen LogP contribution is -2.41. The molecule has 7 heteroatoms. The molecule has 1 aliphatic heterocycles. The van der Waals surface area contributed by atoms with Crippen LogP contribution in [0, 0.1) is 12.3 Å². The lowest BCUT2D eigenvalue weighted by atomic mass is 10.1. The van der Waals surface area contributed by atoms with Gasteiger partial charge in [0.2, 0.25) is 0 Å². The summed E-state index contributed by atoms with van der Waals surface area (Å²) in [5.74, 6) is -1.92. The Morgan fingerprint density at radius 1 is 1.23 bits per heavy atom. The monoisotopic (exact) mass is 421 g/mol. The van der Waals surface area contributed by atoms with Gasteiger partial charge in [0.05, 0.1) is 24.1 Å². The van der Waals surface area contributed by atoms with Crippen LogP contribution >= 0.6 is 0 Å². The molecule has 1 saturated heterocycles. The van der Waals surface area contributed by atoms with Crippen LogP contribution in [0.4, 0.5) is 8.78 Å². The Hall–Kier alpha value is -3.19. The van der Waals surface area contributed by atoms with Gasteiger partial charge < -0.3 is 10.4 Å². The molecule has 2 N–H and O–H groups in total. The number of nitrogens with one attached hydrogen (secondary N) is 2. The van der Waals surface area contributed by atoms with Crippen molar-refractivity contribution in [2.75, 3.05) is 13.1 Å². The molecule has 1 fully saturated rings. The minimum atomic E-state index is -2.58. The molecule has 5 nitrogen and oxygen atoms in total. The first-order valence-corrected chi connectivity index (χ1v) is 10.3. The van der Waals surface area contributed by atoms with Crippen LogP contribution in [0.3, 0.4) is 0 Å². The maximum absolute atomic E-state index is 13.6. The molecular weight excluding hydrogens is 396 g/mol. The van der Waals surface area contributed by atoms with Gasteiger partial charge in [-0.15, -0.1) is 0 Å². The normalized spacial score (nSPS) is 16.6. The number of H-pyrrole nitrogens is 1. The van der Waals surface area contributed by atoms with Crippen molar-refractivity contribution in [1.82, 2.24) is 19.9 Å². The first-order chi connectivity index (χ1) is 14.9. The van der Waals surface area contributed by atoms with Gasteiger partial charge >= 0.3 is 0 Å². The Labute approximate surface area is 180 Å². The van der Waals surface area contributed by atoms with E-state index in [1.165, 1.54) is 0 Å². The molecule has 0 amide bonds. The van der Waals surface area contributed by atoms with Crippen molar-refractivity contribution in [2.45, 2.75) is 32.2 Å². The summed E-state index contributed by atoms with van der Waals surface area (Å²) in [6.07, 6.45) is 7.44. The molecule has 2 aromatic heterocycles. The van der Waals surface area contributed by atoms with Crippen molar-refractivity contribution in [3.63, 3.8) is 0 Å². The molecule has 3 heterocycles. The molecule has 0 saturated carbocycles. The van der Waals surface area contributed by atoms with Crippen LogP contribution in [0.15, 0.2) is 54.9 Å². The summed E-state index contributed by atoms with van der Waals surface area (Å²) in [7, 11) is 0. The van der Waals surface area contributed by atoms with Crippen LogP contribution in [0.1, 0.15) is 35.5 Å². The molecule has 31 heavy (non-hydrogen) atoms. The Bertz CT molecular complexity index is 1090. The lowest BCUT2D eigenvalue weighted by molar-refractivity contribution is -0.0661. The second-order valence-electron chi connectivity index (χ2n) is 7.98. The van der Waals surface area contributed by atoms with Crippen LogP contribution in [0.2, 0.25) is 0 Å². The van der Waals surface area contributed by atoms with E-state index in [1.807, 2.05) is 42.2 Å². The van der Waals surface area contributed by atoms with Crippen molar-refractivity contribution in [3.8, 4) is 11.3 Å². The van der Waals surface area contributed by atoms with Crippen LogP contribution in [-0.4, -0.2) is 44.6 Å². The van der Waals surface area contributed by atoms with E-state index in [0.717, 1.165) is 28.1 Å². The second-order valence-corrected chi connectivity index (χ2v) is 7.98. The summed E-state index contributed by atoms with van der Waals surface area (Å²) < 4.78 is 27.2. The summed E-state index contributed by atoms with van der Waals surface area (Å²) in [5.41, 5.74) is 4.91. The number of nitrogens with zero attached hydrogens (tertiary/aromatic N) is 3. The number of benzene rings is 1. The van der Waals surface area contributed by atoms with Gasteiger partial charge in [-0.3, -0.25) is 9.88 Å². The van der Waals surface area contributed by atoms with E-state index < -0.39 is 5.92 Å². The molecule has 1 aromatic carbocycles. The number of halogens is 2. The van der Waals surface area contributed by atoms with Crippen molar-refractivity contribution < 1.29 is 8.78 Å². The van der Waals surface area contributed by atoms with Crippen molar-refractivity contribution in [3.05, 3.63) is 77.5 Å². The number of pyridine rings is 1. The van der Waals surface area contributed by atoms with Crippen molar-refractivity contribution in [2.24, 2.45) is 0 Å². The third-order valence-electron chi connectivity index (χ3n) is 5.35. The van der Waals surface area contributed by atoms with E-state index in [4.69, 9.17) is 5.41 Å². The standard InChI is InChI=1S/C24H25F2N5/c1-17-13-20(9-11-28-17)21(27)7-8-23-29-14-22(30-23)19-5-3-18(4-6-19)15-31-12-2-10-24(25,26)16-31/h3-9,11,13-14,27H,2,10,12,15-16H2,1H3,(H,29,30)/b8-7-,27-21?. The number of allylic oxidation sites excluding steroid dienone is 1. The molecule has 0 atom stereocenters. The molecule has 0 radical (unpaired) electrons. The molecule has 0 spiro atoms. The minimum Gasteiger partial charge on any atom is -0.338 e. The van der Waals surface area contributed by atoms with Crippen molar-refractivity contribution in [1.29, 1.82) is 5.41 Å². The first kappa shape index (κ1) is 21.1. The van der Waals surface area contributed by atoms with Crippen LogP contribution < -0.4 is 0 Å². The van der Waals surface area contributed by atoms with Crippen LogP contribution in [0.5, 0.6) is 0 Å². The Morgan fingerprint density at radius 3 is 2.77 bits per heavy atom. The maximum Gasteiger partial charge on any atom is 0.260 e. The number of piperidine rings is 1. The number of aromatic nitrogens is 3. The summed E-state index contributed by atoms with van der Waals surface area (Å²) >= 11 is 0. The van der Waals surface area contributed by atoms with Gasteiger partial charge in [-0.25, -0.2) is 13.8 Å².